The number of nitrogens with zero attached hydrogens (tertiary/aromatic N) is 3. The van der Waals surface area contributed by atoms with Crippen LogP contribution >= 0.6 is 11.3 Å². The Balaban J connectivity index is 1.46. The van der Waals surface area contributed by atoms with E-state index in [1.54, 1.807) is 30.7 Å². The van der Waals surface area contributed by atoms with Gasteiger partial charge in [0.05, 0.1) is 0 Å². The van der Waals surface area contributed by atoms with Crippen LogP contribution in [-0.2, 0) is 14.8 Å². The van der Waals surface area contributed by atoms with E-state index in [1.807, 2.05) is 31.2 Å². The molecule has 10 heteroatoms. The first kappa shape index (κ1) is 22.4. The van der Waals surface area contributed by atoms with E-state index in [4.69, 9.17) is 4.52 Å². The second-order valence-corrected chi connectivity index (χ2v) is 10.5. The second kappa shape index (κ2) is 9.35. The highest BCUT2D eigenvalue weighted by Gasteiger charge is 2.36. The predicted octanol–water partition coefficient (Wildman–Crippen LogP) is 3.96. The van der Waals surface area contributed by atoms with E-state index in [0.717, 1.165) is 11.1 Å². The van der Waals surface area contributed by atoms with Gasteiger partial charge in [0.15, 0.2) is 15.8 Å². The predicted molar refractivity (Wildman–Crippen MR) is 124 cm³/mol. The van der Waals surface area contributed by atoms with Crippen molar-refractivity contribution in [1.29, 1.82) is 0 Å². The number of sulfonamides is 1. The third-order valence-electron chi connectivity index (χ3n) is 5.42. The van der Waals surface area contributed by atoms with E-state index in [1.165, 1.54) is 15.6 Å². The number of hydrogen-bond acceptors (Lipinski definition) is 7. The molecule has 1 aromatic carbocycles. The van der Waals surface area contributed by atoms with Gasteiger partial charge in [-0.15, -0.1) is 11.3 Å². The molecular formula is C22H24N4O4S2. The Hall–Kier alpha value is -2.82. The molecule has 1 N–H and O–H groups in total. The van der Waals surface area contributed by atoms with Gasteiger partial charge < -0.3 is 9.84 Å². The Bertz CT molecular complexity index is 1210. The third kappa shape index (κ3) is 4.82. The highest BCUT2D eigenvalue weighted by molar-refractivity contribution is 7.89. The smallest absolute Gasteiger partial charge is 0.248 e. The van der Waals surface area contributed by atoms with Crippen LogP contribution in [0.2, 0.25) is 0 Å². The summed E-state index contributed by atoms with van der Waals surface area (Å²) >= 11 is 1.35. The SMILES string of the molecule is Cc1ccc(C=Cc2onc(C)c2S(=O)(=O)N2CCC(C(=O)Nc3nccs3)CC2)cc1. The topological polar surface area (TPSA) is 105 Å². The van der Waals surface area contributed by atoms with Crippen molar-refractivity contribution in [2.24, 2.45) is 5.92 Å². The lowest BCUT2D eigenvalue weighted by Gasteiger charge is -2.30. The maximum Gasteiger partial charge on any atom is 0.248 e. The number of hydrogen-bond donors (Lipinski definition) is 1. The molecule has 0 radical (unpaired) electrons. The van der Waals surface area contributed by atoms with Crippen molar-refractivity contribution < 1.29 is 17.7 Å². The summed E-state index contributed by atoms with van der Waals surface area (Å²) < 4.78 is 33.5. The van der Waals surface area contributed by atoms with Gasteiger partial charge in [0, 0.05) is 30.6 Å². The minimum Gasteiger partial charge on any atom is -0.355 e. The fourth-order valence-electron chi connectivity index (χ4n) is 3.63. The van der Waals surface area contributed by atoms with Gasteiger partial charge in [0.2, 0.25) is 15.9 Å². The first-order valence-corrected chi connectivity index (χ1v) is 12.6. The number of carbonyl (C=O) groups is 1. The molecule has 2 aromatic heterocycles. The number of piperidine rings is 1. The minimum absolute atomic E-state index is 0.0755. The van der Waals surface area contributed by atoms with Crippen molar-refractivity contribution in [3.63, 3.8) is 0 Å². The summed E-state index contributed by atoms with van der Waals surface area (Å²) in [5.41, 5.74) is 2.39. The van der Waals surface area contributed by atoms with E-state index in [0.29, 0.717) is 23.7 Å². The molecule has 1 aliphatic rings. The van der Waals surface area contributed by atoms with Crippen LogP contribution in [0.5, 0.6) is 0 Å². The van der Waals surface area contributed by atoms with E-state index in [-0.39, 0.29) is 35.6 Å². The largest absolute Gasteiger partial charge is 0.355 e. The van der Waals surface area contributed by atoms with Crippen LogP contribution in [0.15, 0.2) is 45.3 Å². The van der Waals surface area contributed by atoms with E-state index >= 15 is 0 Å². The Morgan fingerprint density at radius 2 is 1.91 bits per heavy atom. The fourth-order valence-corrected chi connectivity index (χ4v) is 5.88. The van der Waals surface area contributed by atoms with Crippen molar-refractivity contribution in [3.8, 4) is 0 Å². The maximum absolute atomic E-state index is 13.4. The Labute approximate surface area is 191 Å². The van der Waals surface area contributed by atoms with Gasteiger partial charge in [-0.1, -0.05) is 41.1 Å². The maximum atomic E-state index is 13.4. The van der Waals surface area contributed by atoms with Crippen LogP contribution in [-0.4, -0.2) is 41.9 Å². The molecule has 8 nitrogen and oxygen atoms in total. The van der Waals surface area contributed by atoms with E-state index in [9.17, 15) is 13.2 Å². The van der Waals surface area contributed by atoms with Gasteiger partial charge in [-0.25, -0.2) is 13.4 Å². The van der Waals surface area contributed by atoms with Gasteiger partial charge in [-0.2, -0.15) is 4.31 Å². The number of nitrogens with one attached hydrogen (secondary N) is 1. The van der Waals surface area contributed by atoms with Crippen molar-refractivity contribution >= 4 is 44.6 Å². The summed E-state index contributed by atoms with van der Waals surface area (Å²) in [7, 11) is -3.81. The van der Waals surface area contributed by atoms with Crippen molar-refractivity contribution in [2.75, 3.05) is 18.4 Å². The number of anilines is 1. The molecule has 1 fully saturated rings. The molecule has 168 valence electrons. The molecule has 3 heterocycles. The van der Waals surface area contributed by atoms with Crippen LogP contribution < -0.4 is 5.32 Å². The summed E-state index contributed by atoms with van der Waals surface area (Å²) in [5.74, 6) is -0.179. The van der Waals surface area contributed by atoms with E-state index < -0.39 is 10.0 Å². The number of thiazole rings is 1. The summed E-state index contributed by atoms with van der Waals surface area (Å²) in [6.07, 6.45) is 5.94. The van der Waals surface area contributed by atoms with E-state index in [2.05, 4.69) is 15.5 Å². The van der Waals surface area contributed by atoms with Crippen LogP contribution in [0.1, 0.15) is 35.4 Å². The van der Waals surface area contributed by atoms with Gasteiger partial charge in [0.1, 0.15) is 5.69 Å². The summed E-state index contributed by atoms with van der Waals surface area (Å²) in [4.78, 5) is 16.6. The monoisotopic (exact) mass is 472 g/mol. The molecule has 1 amide bonds. The first-order chi connectivity index (χ1) is 15.3. The molecule has 0 saturated carbocycles. The lowest BCUT2D eigenvalue weighted by atomic mass is 9.97. The molecule has 0 atom stereocenters. The number of carbonyl (C=O) groups excluding carboxylic acids is 1. The third-order valence-corrected chi connectivity index (χ3v) is 8.17. The van der Waals surface area contributed by atoms with Crippen LogP contribution in [0, 0.1) is 19.8 Å². The van der Waals surface area contributed by atoms with Crippen molar-refractivity contribution in [3.05, 3.63) is 58.4 Å². The Kier molecular flexibility index (Phi) is 6.54. The molecule has 0 unspecified atom stereocenters. The summed E-state index contributed by atoms with van der Waals surface area (Å²) in [6, 6.07) is 7.87. The average Bonchev–Trinajstić information content (AvgIpc) is 3.43. The van der Waals surface area contributed by atoms with Gasteiger partial charge in [-0.3, -0.25) is 4.79 Å². The molecule has 0 bridgehead atoms. The number of benzene rings is 1. The van der Waals surface area contributed by atoms with Crippen molar-refractivity contribution in [1.82, 2.24) is 14.4 Å². The molecule has 0 aliphatic carbocycles. The summed E-state index contributed by atoms with van der Waals surface area (Å²) in [6.45, 7) is 4.13. The van der Waals surface area contributed by atoms with Crippen LogP contribution in [0.25, 0.3) is 12.2 Å². The van der Waals surface area contributed by atoms with Crippen LogP contribution in [0.4, 0.5) is 5.13 Å². The lowest BCUT2D eigenvalue weighted by Crippen LogP contribution is -2.41. The van der Waals surface area contributed by atoms with Gasteiger partial charge in [0.25, 0.3) is 0 Å². The Morgan fingerprint density at radius 3 is 2.56 bits per heavy atom. The zero-order valence-electron chi connectivity index (χ0n) is 17.8. The molecular weight excluding hydrogens is 448 g/mol. The Morgan fingerprint density at radius 1 is 1.19 bits per heavy atom. The number of aromatic nitrogens is 2. The first-order valence-electron chi connectivity index (χ1n) is 10.3. The summed E-state index contributed by atoms with van der Waals surface area (Å²) in [5, 5.41) is 9.02. The number of amides is 1. The average molecular weight is 473 g/mol. The minimum atomic E-state index is -3.81. The molecule has 0 spiro atoms. The zero-order valence-corrected chi connectivity index (χ0v) is 19.4. The zero-order chi connectivity index (χ0) is 22.7. The number of rotatable bonds is 6. The molecule has 4 rings (SSSR count). The quantitative estimate of drug-likeness (QED) is 0.582. The van der Waals surface area contributed by atoms with Gasteiger partial charge in [-0.05, 0) is 38.3 Å². The molecule has 1 saturated heterocycles. The normalized spacial score (nSPS) is 15.9. The van der Waals surface area contributed by atoms with Gasteiger partial charge >= 0.3 is 0 Å². The highest BCUT2D eigenvalue weighted by atomic mass is 32.2. The van der Waals surface area contributed by atoms with Crippen LogP contribution in [0.3, 0.4) is 0 Å². The standard InChI is InChI=1S/C22H24N4O4S2/c1-15-3-5-17(6-4-15)7-8-19-20(16(2)25-30-19)32(28,29)26-12-9-18(10-13-26)21(27)24-22-23-11-14-31-22/h3-8,11,14,18H,9-10,12-13H2,1-2H3,(H,23,24,27). The highest BCUT2D eigenvalue weighted by Crippen LogP contribution is 2.29. The fraction of sp³-hybridized carbons (Fsp3) is 0.318. The molecule has 1 aliphatic heterocycles. The molecule has 3 aromatic rings. The van der Waals surface area contributed by atoms with Crippen molar-refractivity contribution in [2.45, 2.75) is 31.6 Å². The lowest BCUT2D eigenvalue weighted by molar-refractivity contribution is -0.120. The molecule has 32 heavy (non-hydrogen) atoms. The second-order valence-electron chi connectivity index (χ2n) is 7.71. The number of aryl methyl sites for hydroxylation is 2.